The van der Waals surface area contributed by atoms with E-state index in [2.05, 4.69) is 15.6 Å². The zero-order valence-electron chi connectivity index (χ0n) is 13.1. The first-order chi connectivity index (χ1) is 11.1. The molecule has 2 aromatic rings. The van der Waals surface area contributed by atoms with Gasteiger partial charge in [-0.3, -0.25) is 0 Å². The molecular formula is C16H19N3O3S. The van der Waals surface area contributed by atoms with Gasteiger partial charge in [-0.1, -0.05) is 6.07 Å². The highest BCUT2D eigenvalue weighted by Crippen LogP contribution is 2.32. The van der Waals surface area contributed by atoms with Crippen LogP contribution in [-0.4, -0.2) is 24.4 Å². The number of aromatic nitrogens is 1. The largest absolute Gasteiger partial charge is 0.454 e. The lowest BCUT2D eigenvalue weighted by molar-refractivity contribution is 0.174. The third-order valence-electron chi connectivity index (χ3n) is 3.49. The molecule has 1 aliphatic heterocycles. The molecule has 3 rings (SSSR count). The number of urea groups is 1. The van der Waals surface area contributed by atoms with Gasteiger partial charge in [-0.15, -0.1) is 11.3 Å². The number of aryl methyl sites for hydroxylation is 1. The third-order valence-corrected chi connectivity index (χ3v) is 4.64. The highest BCUT2D eigenvalue weighted by molar-refractivity contribution is 7.09. The number of hydrogen-bond donors (Lipinski definition) is 2. The average molecular weight is 333 g/mol. The number of nitrogens with zero attached hydrogens (tertiary/aromatic N) is 1. The van der Waals surface area contributed by atoms with E-state index in [-0.39, 0.29) is 18.9 Å². The second kappa shape index (κ2) is 6.87. The van der Waals surface area contributed by atoms with Crippen molar-refractivity contribution in [3.8, 4) is 11.5 Å². The van der Waals surface area contributed by atoms with Gasteiger partial charge in [-0.25, -0.2) is 9.78 Å². The van der Waals surface area contributed by atoms with Crippen LogP contribution in [0.2, 0.25) is 0 Å². The maximum atomic E-state index is 11.9. The lowest BCUT2D eigenvalue weighted by Crippen LogP contribution is -2.38. The van der Waals surface area contributed by atoms with Gasteiger partial charge < -0.3 is 20.1 Å². The first-order valence-electron chi connectivity index (χ1n) is 7.47. The maximum Gasteiger partial charge on any atom is 0.315 e. The molecule has 6 nitrogen and oxygen atoms in total. The van der Waals surface area contributed by atoms with Gasteiger partial charge in [0, 0.05) is 17.6 Å². The van der Waals surface area contributed by atoms with Crippen molar-refractivity contribution in [2.75, 3.05) is 13.3 Å². The van der Waals surface area contributed by atoms with Crippen LogP contribution in [0.1, 0.15) is 29.2 Å². The number of thiazole rings is 1. The summed E-state index contributed by atoms with van der Waals surface area (Å²) in [7, 11) is 0. The Balaban J connectivity index is 1.44. The first kappa shape index (κ1) is 15.6. The summed E-state index contributed by atoms with van der Waals surface area (Å²) in [6.07, 6.45) is 0.731. The van der Waals surface area contributed by atoms with E-state index in [1.165, 1.54) is 0 Å². The van der Waals surface area contributed by atoms with Crippen molar-refractivity contribution in [3.05, 3.63) is 39.8 Å². The van der Waals surface area contributed by atoms with Crippen LogP contribution in [0.5, 0.6) is 11.5 Å². The summed E-state index contributed by atoms with van der Waals surface area (Å²) >= 11 is 1.55. The van der Waals surface area contributed by atoms with E-state index in [1.54, 1.807) is 11.3 Å². The highest BCUT2D eigenvalue weighted by Gasteiger charge is 2.14. The minimum Gasteiger partial charge on any atom is -0.454 e. The van der Waals surface area contributed by atoms with E-state index >= 15 is 0 Å². The number of carbonyl (C=O) groups excluding carboxylic acids is 1. The molecule has 1 aliphatic rings. The first-order valence-corrected chi connectivity index (χ1v) is 8.34. The monoisotopic (exact) mass is 333 g/mol. The van der Waals surface area contributed by atoms with Crippen molar-refractivity contribution < 1.29 is 14.3 Å². The molecule has 0 radical (unpaired) electrons. The van der Waals surface area contributed by atoms with E-state index in [0.29, 0.717) is 6.54 Å². The topological polar surface area (TPSA) is 72.5 Å². The van der Waals surface area contributed by atoms with Crippen LogP contribution in [0.15, 0.2) is 23.6 Å². The van der Waals surface area contributed by atoms with Crippen molar-refractivity contribution >= 4 is 17.4 Å². The minimum absolute atomic E-state index is 0.0979. The van der Waals surface area contributed by atoms with Crippen molar-refractivity contribution in [3.63, 3.8) is 0 Å². The fourth-order valence-electron chi connectivity index (χ4n) is 2.30. The summed E-state index contributed by atoms with van der Waals surface area (Å²) in [5, 5.41) is 8.64. The summed E-state index contributed by atoms with van der Waals surface area (Å²) in [5.74, 6) is 1.53. The molecule has 2 N–H and O–H groups in total. The van der Waals surface area contributed by atoms with E-state index in [4.69, 9.17) is 9.47 Å². The van der Waals surface area contributed by atoms with Gasteiger partial charge in [0.25, 0.3) is 0 Å². The number of rotatable bonds is 5. The predicted molar refractivity (Wildman–Crippen MR) is 88.1 cm³/mol. The van der Waals surface area contributed by atoms with Gasteiger partial charge >= 0.3 is 6.03 Å². The Morgan fingerprint density at radius 1 is 1.39 bits per heavy atom. The molecular weight excluding hydrogens is 314 g/mol. The SMILES string of the molecule is Cc1csc([C@H](C)NC(=O)NCCc2ccc3c(c2)OCO3)n1. The quantitative estimate of drug-likeness (QED) is 0.882. The highest BCUT2D eigenvalue weighted by atomic mass is 32.1. The Morgan fingerprint density at radius 2 is 2.22 bits per heavy atom. The molecule has 1 atom stereocenters. The molecule has 0 spiro atoms. The molecule has 1 aromatic heterocycles. The molecule has 1 aromatic carbocycles. The Kier molecular flexibility index (Phi) is 4.66. The minimum atomic E-state index is -0.189. The third kappa shape index (κ3) is 3.92. The summed E-state index contributed by atoms with van der Waals surface area (Å²) in [6, 6.07) is 5.53. The second-order valence-corrected chi connectivity index (χ2v) is 6.28. The smallest absolute Gasteiger partial charge is 0.315 e. The number of fused-ring (bicyclic) bond motifs is 1. The van der Waals surface area contributed by atoms with Gasteiger partial charge in [-0.2, -0.15) is 0 Å². The average Bonchev–Trinajstić information content (AvgIpc) is 3.15. The number of benzene rings is 1. The van der Waals surface area contributed by atoms with Gasteiger partial charge in [0.2, 0.25) is 6.79 Å². The van der Waals surface area contributed by atoms with Gasteiger partial charge in [0.15, 0.2) is 11.5 Å². The number of hydrogen-bond acceptors (Lipinski definition) is 5. The van der Waals surface area contributed by atoms with Crippen molar-refractivity contribution in [1.82, 2.24) is 15.6 Å². The molecule has 0 aliphatic carbocycles. The van der Waals surface area contributed by atoms with Crippen molar-refractivity contribution in [2.45, 2.75) is 26.3 Å². The zero-order chi connectivity index (χ0) is 16.2. The molecule has 0 fully saturated rings. The molecule has 7 heteroatoms. The standard InChI is InChI=1S/C16H19N3O3S/c1-10-8-23-15(18-10)11(2)19-16(20)17-6-5-12-3-4-13-14(7-12)22-9-21-13/h3-4,7-8,11H,5-6,9H2,1-2H3,(H2,17,19,20)/t11-/m0/s1. The molecule has 23 heavy (non-hydrogen) atoms. The van der Waals surface area contributed by atoms with Gasteiger partial charge in [0.05, 0.1) is 6.04 Å². The van der Waals surface area contributed by atoms with Crippen LogP contribution in [0.4, 0.5) is 4.79 Å². The second-order valence-electron chi connectivity index (χ2n) is 5.39. The maximum absolute atomic E-state index is 11.9. The van der Waals surface area contributed by atoms with Crippen LogP contribution >= 0.6 is 11.3 Å². The van der Waals surface area contributed by atoms with E-state index in [1.807, 2.05) is 37.4 Å². The summed E-state index contributed by atoms with van der Waals surface area (Å²) in [5.41, 5.74) is 2.07. The number of amides is 2. The lowest BCUT2D eigenvalue weighted by Gasteiger charge is -2.12. The van der Waals surface area contributed by atoms with E-state index in [0.717, 1.165) is 34.2 Å². The molecule has 2 heterocycles. The van der Waals surface area contributed by atoms with Gasteiger partial charge in [0.1, 0.15) is 5.01 Å². The molecule has 2 amide bonds. The number of ether oxygens (including phenoxy) is 2. The van der Waals surface area contributed by atoms with E-state index in [9.17, 15) is 4.79 Å². The number of carbonyl (C=O) groups is 1. The Labute approximate surface area is 138 Å². The molecule has 0 bridgehead atoms. The van der Waals surface area contributed by atoms with Crippen LogP contribution in [0, 0.1) is 6.92 Å². The molecule has 0 saturated heterocycles. The Morgan fingerprint density at radius 3 is 3.00 bits per heavy atom. The zero-order valence-corrected chi connectivity index (χ0v) is 13.9. The van der Waals surface area contributed by atoms with Crippen LogP contribution in [0.3, 0.4) is 0 Å². The molecule has 0 saturated carbocycles. The molecule has 122 valence electrons. The van der Waals surface area contributed by atoms with Crippen molar-refractivity contribution in [1.29, 1.82) is 0 Å². The van der Waals surface area contributed by atoms with Crippen LogP contribution < -0.4 is 20.1 Å². The van der Waals surface area contributed by atoms with Crippen molar-refractivity contribution in [2.24, 2.45) is 0 Å². The van der Waals surface area contributed by atoms with Gasteiger partial charge in [-0.05, 0) is 38.0 Å². The fourth-order valence-corrected chi connectivity index (χ4v) is 3.10. The Bertz CT molecular complexity index is 702. The molecule has 0 unspecified atom stereocenters. The van der Waals surface area contributed by atoms with Crippen LogP contribution in [0.25, 0.3) is 0 Å². The van der Waals surface area contributed by atoms with E-state index < -0.39 is 0 Å². The normalized spacial score (nSPS) is 13.7. The predicted octanol–water partition coefficient (Wildman–Crippen LogP) is 2.78. The number of nitrogens with one attached hydrogen (secondary N) is 2. The fraction of sp³-hybridized carbons (Fsp3) is 0.375. The summed E-state index contributed by atoms with van der Waals surface area (Å²) in [6.45, 7) is 4.69. The summed E-state index contributed by atoms with van der Waals surface area (Å²) < 4.78 is 10.6. The summed E-state index contributed by atoms with van der Waals surface area (Å²) in [4.78, 5) is 16.3. The Hall–Kier alpha value is -2.28. The van der Waals surface area contributed by atoms with Crippen LogP contribution in [-0.2, 0) is 6.42 Å². The lowest BCUT2D eigenvalue weighted by atomic mass is 10.1.